The molecule has 0 saturated carbocycles. The van der Waals surface area contributed by atoms with Gasteiger partial charge in [0.05, 0.1) is 5.69 Å². The average molecular weight is 344 g/mol. The van der Waals surface area contributed by atoms with Crippen LogP contribution < -0.4 is 5.32 Å². The molecule has 21 heavy (non-hydrogen) atoms. The molecule has 3 nitrogen and oxygen atoms in total. The fourth-order valence-electron chi connectivity index (χ4n) is 2.72. The SMILES string of the molecule is CN(Cc1csc(-c2ccsc2)n1)C1CCCNCC1.Cl. The Balaban J connectivity index is 0.00000161. The fourth-order valence-corrected chi connectivity index (χ4v) is 4.25. The predicted molar refractivity (Wildman–Crippen MR) is 94.7 cm³/mol. The van der Waals surface area contributed by atoms with Gasteiger partial charge in [-0.15, -0.1) is 23.7 Å². The summed E-state index contributed by atoms with van der Waals surface area (Å²) >= 11 is 3.49. The van der Waals surface area contributed by atoms with Gasteiger partial charge < -0.3 is 5.32 Å². The third kappa shape index (κ3) is 4.50. The summed E-state index contributed by atoms with van der Waals surface area (Å²) in [5, 5.41) is 11.1. The summed E-state index contributed by atoms with van der Waals surface area (Å²) in [6, 6.07) is 2.84. The van der Waals surface area contributed by atoms with Gasteiger partial charge in [0.25, 0.3) is 0 Å². The molecule has 116 valence electrons. The van der Waals surface area contributed by atoms with E-state index in [2.05, 4.69) is 39.5 Å². The Morgan fingerprint density at radius 3 is 3.05 bits per heavy atom. The molecular formula is C15H22ClN3S2. The van der Waals surface area contributed by atoms with Gasteiger partial charge in [-0.2, -0.15) is 11.3 Å². The van der Waals surface area contributed by atoms with Crippen LogP contribution in [0.5, 0.6) is 0 Å². The summed E-state index contributed by atoms with van der Waals surface area (Å²) in [5.74, 6) is 0. The first-order valence-electron chi connectivity index (χ1n) is 7.21. The molecule has 1 aliphatic heterocycles. The van der Waals surface area contributed by atoms with E-state index in [1.54, 1.807) is 22.7 Å². The van der Waals surface area contributed by atoms with Crippen LogP contribution in [0, 0.1) is 0 Å². The standard InChI is InChI=1S/C15H21N3S2.ClH/c1-18(14-3-2-6-16-7-4-14)9-13-11-20-15(17-13)12-5-8-19-10-12;/h5,8,10-11,14,16H,2-4,6-7,9H2,1H3;1H. The number of hydrogen-bond donors (Lipinski definition) is 1. The smallest absolute Gasteiger partial charge is 0.124 e. The number of aromatic nitrogens is 1. The van der Waals surface area contributed by atoms with Gasteiger partial charge in [0.2, 0.25) is 0 Å². The van der Waals surface area contributed by atoms with Gasteiger partial charge >= 0.3 is 0 Å². The highest BCUT2D eigenvalue weighted by Gasteiger charge is 2.17. The fraction of sp³-hybridized carbons (Fsp3) is 0.533. The van der Waals surface area contributed by atoms with E-state index in [0.717, 1.165) is 18.1 Å². The molecule has 6 heteroatoms. The molecule has 2 aromatic rings. The maximum Gasteiger partial charge on any atom is 0.124 e. The lowest BCUT2D eigenvalue weighted by Crippen LogP contribution is -2.32. The van der Waals surface area contributed by atoms with Crippen molar-refractivity contribution >= 4 is 35.1 Å². The van der Waals surface area contributed by atoms with Crippen molar-refractivity contribution in [3.8, 4) is 10.6 Å². The van der Waals surface area contributed by atoms with Crippen LogP contribution in [-0.4, -0.2) is 36.1 Å². The highest BCUT2D eigenvalue weighted by Crippen LogP contribution is 2.26. The van der Waals surface area contributed by atoms with Gasteiger partial charge in [0.15, 0.2) is 0 Å². The molecule has 1 atom stereocenters. The van der Waals surface area contributed by atoms with E-state index in [4.69, 9.17) is 4.98 Å². The lowest BCUT2D eigenvalue weighted by atomic mass is 10.1. The van der Waals surface area contributed by atoms with Crippen LogP contribution in [0.3, 0.4) is 0 Å². The zero-order valence-electron chi connectivity index (χ0n) is 12.2. The van der Waals surface area contributed by atoms with Crippen molar-refractivity contribution in [1.82, 2.24) is 15.2 Å². The second kappa shape index (κ2) is 8.25. The minimum absolute atomic E-state index is 0. The molecule has 1 unspecified atom stereocenters. The summed E-state index contributed by atoms with van der Waals surface area (Å²) < 4.78 is 0. The molecule has 1 saturated heterocycles. The van der Waals surface area contributed by atoms with Gasteiger partial charge in [-0.05, 0) is 50.8 Å². The molecule has 1 fully saturated rings. The second-order valence-electron chi connectivity index (χ2n) is 5.41. The molecule has 0 aromatic carbocycles. The van der Waals surface area contributed by atoms with Crippen LogP contribution in [0.25, 0.3) is 10.6 Å². The van der Waals surface area contributed by atoms with E-state index in [9.17, 15) is 0 Å². The van der Waals surface area contributed by atoms with Crippen molar-refractivity contribution in [2.24, 2.45) is 0 Å². The zero-order chi connectivity index (χ0) is 13.8. The van der Waals surface area contributed by atoms with Crippen LogP contribution in [0.4, 0.5) is 0 Å². The normalized spacial score (nSPS) is 19.2. The number of thiophene rings is 1. The first kappa shape index (κ1) is 16.9. The van der Waals surface area contributed by atoms with Gasteiger partial charge in [-0.3, -0.25) is 4.90 Å². The van der Waals surface area contributed by atoms with Crippen molar-refractivity contribution in [2.45, 2.75) is 31.8 Å². The van der Waals surface area contributed by atoms with E-state index in [-0.39, 0.29) is 12.4 Å². The van der Waals surface area contributed by atoms with Crippen LogP contribution >= 0.6 is 35.1 Å². The van der Waals surface area contributed by atoms with E-state index < -0.39 is 0 Å². The van der Waals surface area contributed by atoms with E-state index in [0.29, 0.717) is 6.04 Å². The highest BCUT2D eigenvalue weighted by molar-refractivity contribution is 7.14. The first-order valence-corrected chi connectivity index (χ1v) is 9.03. The topological polar surface area (TPSA) is 28.2 Å². The summed E-state index contributed by atoms with van der Waals surface area (Å²) in [4.78, 5) is 7.25. The maximum absolute atomic E-state index is 4.78. The summed E-state index contributed by atoms with van der Waals surface area (Å²) in [6.45, 7) is 3.28. The van der Waals surface area contributed by atoms with Crippen LogP contribution in [0.1, 0.15) is 25.0 Å². The third-order valence-corrected chi connectivity index (χ3v) is 5.52. The van der Waals surface area contributed by atoms with Gasteiger partial charge in [-0.1, -0.05) is 0 Å². The molecule has 0 aliphatic carbocycles. The molecule has 2 aromatic heterocycles. The highest BCUT2D eigenvalue weighted by atomic mass is 35.5. The monoisotopic (exact) mass is 343 g/mol. The van der Waals surface area contributed by atoms with Crippen molar-refractivity contribution in [2.75, 3.05) is 20.1 Å². The lowest BCUT2D eigenvalue weighted by molar-refractivity contribution is 0.214. The van der Waals surface area contributed by atoms with Gasteiger partial charge in [0, 0.05) is 28.9 Å². The number of halogens is 1. The summed E-state index contributed by atoms with van der Waals surface area (Å²) in [6.07, 6.45) is 3.83. The molecule has 1 N–H and O–H groups in total. The summed E-state index contributed by atoms with van der Waals surface area (Å²) in [5.41, 5.74) is 2.46. The van der Waals surface area contributed by atoms with E-state index in [1.807, 2.05) is 0 Å². The zero-order valence-corrected chi connectivity index (χ0v) is 14.7. The van der Waals surface area contributed by atoms with Crippen molar-refractivity contribution < 1.29 is 0 Å². The molecule has 3 rings (SSSR count). The molecule has 0 radical (unpaired) electrons. The first-order chi connectivity index (χ1) is 9.83. The maximum atomic E-state index is 4.78. The third-order valence-electron chi connectivity index (χ3n) is 3.90. The number of rotatable bonds is 4. The largest absolute Gasteiger partial charge is 0.317 e. The summed E-state index contributed by atoms with van der Waals surface area (Å²) in [7, 11) is 2.24. The Morgan fingerprint density at radius 2 is 2.24 bits per heavy atom. The molecule has 0 amide bonds. The van der Waals surface area contributed by atoms with Crippen LogP contribution in [0.15, 0.2) is 22.2 Å². The van der Waals surface area contributed by atoms with Crippen molar-refractivity contribution in [3.05, 3.63) is 27.9 Å². The molecule has 0 bridgehead atoms. The predicted octanol–water partition coefficient (Wildman–Crippen LogP) is 3.87. The quantitative estimate of drug-likeness (QED) is 0.913. The number of nitrogens with one attached hydrogen (secondary N) is 1. The van der Waals surface area contributed by atoms with Gasteiger partial charge in [0.1, 0.15) is 5.01 Å². The Kier molecular flexibility index (Phi) is 6.64. The molecular weight excluding hydrogens is 322 g/mol. The molecule has 3 heterocycles. The van der Waals surface area contributed by atoms with Crippen molar-refractivity contribution in [1.29, 1.82) is 0 Å². The Bertz CT molecular complexity index is 519. The van der Waals surface area contributed by atoms with Gasteiger partial charge in [-0.25, -0.2) is 4.98 Å². The molecule has 0 spiro atoms. The van der Waals surface area contributed by atoms with Crippen LogP contribution in [-0.2, 0) is 6.54 Å². The minimum atomic E-state index is 0. The lowest BCUT2D eigenvalue weighted by Gasteiger charge is -2.25. The minimum Gasteiger partial charge on any atom is -0.317 e. The Labute approximate surface area is 140 Å². The number of hydrogen-bond acceptors (Lipinski definition) is 5. The molecule has 1 aliphatic rings. The van der Waals surface area contributed by atoms with Crippen molar-refractivity contribution in [3.63, 3.8) is 0 Å². The second-order valence-corrected chi connectivity index (χ2v) is 7.04. The van der Waals surface area contributed by atoms with E-state index >= 15 is 0 Å². The number of nitrogens with zero attached hydrogens (tertiary/aromatic N) is 2. The Hall–Kier alpha value is -0.460. The van der Waals surface area contributed by atoms with Crippen LogP contribution in [0.2, 0.25) is 0 Å². The van der Waals surface area contributed by atoms with E-state index in [1.165, 1.54) is 37.1 Å². The Morgan fingerprint density at radius 1 is 1.33 bits per heavy atom. The average Bonchev–Trinajstić information content (AvgIpc) is 3.05. The number of thiazole rings is 1.